The van der Waals surface area contributed by atoms with Crippen LogP contribution < -0.4 is 0 Å². The molecule has 1 aliphatic rings. The summed E-state index contributed by atoms with van der Waals surface area (Å²) in [5, 5.41) is 0. The van der Waals surface area contributed by atoms with Crippen LogP contribution in [0.2, 0.25) is 0 Å². The molecule has 1 heterocycles. The van der Waals surface area contributed by atoms with Gasteiger partial charge >= 0.3 is 0 Å². The second kappa shape index (κ2) is 4.73. The maximum absolute atomic E-state index is 12.1. The van der Waals surface area contributed by atoms with Gasteiger partial charge in [0.1, 0.15) is 0 Å². The Labute approximate surface area is 111 Å². The highest BCUT2D eigenvalue weighted by molar-refractivity contribution is 9.11. The summed E-state index contributed by atoms with van der Waals surface area (Å²) in [6.45, 7) is 0.859. The van der Waals surface area contributed by atoms with Crippen LogP contribution in [-0.4, -0.2) is 26.0 Å². The number of benzene rings is 1. The number of rotatable bonds is 2. The van der Waals surface area contributed by atoms with Gasteiger partial charge in [0, 0.05) is 15.5 Å². The fraction of sp³-hybridized carbons (Fsp3) is 0.333. The lowest BCUT2D eigenvalue weighted by Crippen LogP contribution is -2.27. The van der Waals surface area contributed by atoms with Crippen molar-refractivity contribution >= 4 is 41.9 Å². The van der Waals surface area contributed by atoms with Crippen LogP contribution in [0.25, 0.3) is 0 Å². The Hall–Kier alpha value is 0.0500. The largest absolute Gasteiger partial charge is 0.284 e. The molecule has 1 fully saturated rings. The zero-order valence-electron chi connectivity index (χ0n) is 8.19. The van der Waals surface area contributed by atoms with Crippen molar-refractivity contribution < 1.29 is 13.3 Å². The van der Waals surface area contributed by atoms with Crippen LogP contribution in [0.4, 0.5) is 0 Å². The molecular formula is C9H9Br2NO3S. The van der Waals surface area contributed by atoms with Crippen molar-refractivity contribution in [2.75, 3.05) is 13.2 Å². The van der Waals surface area contributed by atoms with E-state index in [4.69, 9.17) is 4.84 Å². The van der Waals surface area contributed by atoms with Crippen LogP contribution in [0, 0.1) is 0 Å². The van der Waals surface area contributed by atoms with Crippen LogP contribution >= 0.6 is 31.9 Å². The van der Waals surface area contributed by atoms with E-state index in [0.29, 0.717) is 17.6 Å². The first-order valence-corrected chi connectivity index (χ1v) is 7.65. The quantitative estimate of drug-likeness (QED) is 0.803. The summed E-state index contributed by atoms with van der Waals surface area (Å²) in [5.74, 6) is 0. The number of hydroxylamine groups is 1. The second-order valence-electron chi connectivity index (χ2n) is 3.29. The normalized spacial score (nSPS) is 17.9. The van der Waals surface area contributed by atoms with Gasteiger partial charge in [0.05, 0.1) is 11.5 Å². The van der Waals surface area contributed by atoms with E-state index in [9.17, 15) is 8.42 Å². The summed E-state index contributed by atoms with van der Waals surface area (Å²) >= 11 is 6.52. The number of halogens is 2. The number of nitrogens with zero attached hydrogens (tertiary/aromatic N) is 1. The molecule has 0 N–H and O–H groups in total. The van der Waals surface area contributed by atoms with Gasteiger partial charge in [-0.25, -0.2) is 8.42 Å². The van der Waals surface area contributed by atoms with E-state index in [1.54, 1.807) is 18.2 Å². The molecule has 1 saturated heterocycles. The summed E-state index contributed by atoms with van der Waals surface area (Å²) in [5.41, 5.74) is 0. The standard InChI is InChI=1S/C9H9Br2NO3S/c10-7-2-3-9(8(11)6-7)16(13,14)12-4-1-5-15-12/h2-3,6H,1,4-5H2. The van der Waals surface area contributed by atoms with Crippen LogP contribution in [0.3, 0.4) is 0 Å². The molecule has 1 aromatic carbocycles. The third-order valence-corrected chi connectivity index (χ3v) is 5.31. The third kappa shape index (κ3) is 2.33. The van der Waals surface area contributed by atoms with Crippen molar-refractivity contribution in [3.63, 3.8) is 0 Å². The lowest BCUT2D eigenvalue weighted by molar-refractivity contribution is -0.0285. The molecule has 2 rings (SSSR count). The van der Waals surface area contributed by atoms with Gasteiger partial charge in [-0.3, -0.25) is 4.84 Å². The predicted molar refractivity (Wildman–Crippen MR) is 66.3 cm³/mol. The molecule has 0 unspecified atom stereocenters. The maximum Gasteiger partial charge on any atom is 0.266 e. The molecule has 1 aromatic rings. The predicted octanol–water partition coefficient (Wildman–Crippen LogP) is 2.54. The Balaban J connectivity index is 2.42. The van der Waals surface area contributed by atoms with Crippen LogP contribution in [0.15, 0.2) is 32.0 Å². The van der Waals surface area contributed by atoms with Crippen LogP contribution in [0.1, 0.15) is 6.42 Å². The van der Waals surface area contributed by atoms with Crippen LogP contribution in [0.5, 0.6) is 0 Å². The van der Waals surface area contributed by atoms with E-state index in [0.717, 1.165) is 15.4 Å². The molecule has 1 aliphatic heterocycles. The van der Waals surface area contributed by atoms with Gasteiger partial charge in [-0.2, -0.15) is 0 Å². The first kappa shape index (κ1) is 12.5. The minimum atomic E-state index is -3.54. The van der Waals surface area contributed by atoms with Gasteiger partial charge in [0.2, 0.25) is 0 Å². The van der Waals surface area contributed by atoms with E-state index in [1.165, 1.54) is 0 Å². The van der Waals surface area contributed by atoms with Crippen LogP contribution in [-0.2, 0) is 14.9 Å². The fourth-order valence-corrected chi connectivity index (χ4v) is 4.42. The van der Waals surface area contributed by atoms with E-state index in [-0.39, 0.29) is 4.90 Å². The zero-order valence-corrected chi connectivity index (χ0v) is 12.2. The van der Waals surface area contributed by atoms with Gasteiger partial charge in [-0.05, 0) is 40.5 Å². The first-order chi connectivity index (χ1) is 7.51. The molecular weight excluding hydrogens is 362 g/mol. The molecule has 0 amide bonds. The van der Waals surface area contributed by atoms with Crippen molar-refractivity contribution in [1.82, 2.24) is 4.47 Å². The molecule has 0 bridgehead atoms. The van der Waals surface area contributed by atoms with Gasteiger partial charge in [0.25, 0.3) is 10.0 Å². The van der Waals surface area contributed by atoms with Gasteiger partial charge in [-0.1, -0.05) is 20.4 Å². The van der Waals surface area contributed by atoms with Crippen molar-refractivity contribution in [3.05, 3.63) is 27.1 Å². The fourth-order valence-electron chi connectivity index (χ4n) is 1.41. The van der Waals surface area contributed by atoms with Crippen molar-refractivity contribution in [3.8, 4) is 0 Å². The number of hydrogen-bond acceptors (Lipinski definition) is 3. The molecule has 0 aromatic heterocycles. The Kier molecular flexibility index (Phi) is 3.70. The maximum atomic E-state index is 12.1. The summed E-state index contributed by atoms with van der Waals surface area (Å²) in [6, 6.07) is 4.93. The topological polar surface area (TPSA) is 46.6 Å². The lowest BCUT2D eigenvalue weighted by Gasteiger charge is -2.15. The average Bonchev–Trinajstić information content (AvgIpc) is 2.69. The Morgan fingerprint density at radius 2 is 2.06 bits per heavy atom. The smallest absolute Gasteiger partial charge is 0.266 e. The summed E-state index contributed by atoms with van der Waals surface area (Å²) in [4.78, 5) is 5.29. The highest BCUT2D eigenvalue weighted by atomic mass is 79.9. The van der Waals surface area contributed by atoms with Crippen molar-refractivity contribution in [2.24, 2.45) is 0 Å². The monoisotopic (exact) mass is 369 g/mol. The van der Waals surface area contributed by atoms with E-state index < -0.39 is 10.0 Å². The summed E-state index contributed by atoms with van der Waals surface area (Å²) in [6.07, 6.45) is 0.730. The number of sulfonamides is 1. The van der Waals surface area contributed by atoms with Crippen molar-refractivity contribution in [2.45, 2.75) is 11.3 Å². The second-order valence-corrected chi connectivity index (χ2v) is 6.86. The van der Waals surface area contributed by atoms with Gasteiger partial charge in [0.15, 0.2) is 0 Å². The highest BCUT2D eigenvalue weighted by Gasteiger charge is 2.30. The lowest BCUT2D eigenvalue weighted by atomic mass is 10.4. The molecule has 0 atom stereocenters. The Morgan fingerprint density at radius 3 is 2.62 bits per heavy atom. The van der Waals surface area contributed by atoms with E-state index in [1.807, 2.05) is 0 Å². The van der Waals surface area contributed by atoms with Gasteiger partial charge < -0.3 is 0 Å². The molecule has 0 spiro atoms. The molecule has 88 valence electrons. The number of hydrogen-bond donors (Lipinski definition) is 0. The molecule has 0 radical (unpaired) electrons. The summed E-state index contributed by atoms with van der Waals surface area (Å²) in [7, 11) is -3.54. The first-order valence-electron chi connectivity index (χ1n) is 4.62. The van der Waals surface area contributed by atoms with Crippen molar-refractivity contribution in [1.29, 1.82) is 0 Å². The minimum absolute atomic E-state index is 0.220. The Morgan fingerprint density at radius 1 is 1.31 bits per heavy atom. The summed E-state index contributed by atoms with van der Waals surface area (Å²) < 4.78 is 26.6. The highest BCUT2D eigenvalue weighted by Crippen LogP contribution is 2.29. The Bertz CT molecular complexity index is 497. The molecule has 0 aliphatic carbocycles. The average molecular weight is 371 g/mol. The SMILES string of the molecule is O=S(=O)(c1ccc(Br)cc1Br)N1CCCO1. The molecule has 4 nitrogen and oxygen atoms in total. The van der Waals surface area contributed by atoms with E-state index in [2.05, 4.69) is 31.9 Å². The molecule has 0 saturated carbocycles. The minimum Gasteiger partial charge on any atom is -0.284 e. The van der Waals surface area contributed by atoms with E-state index >= 15 is 0 Å². The third-order valence-electron chi connectivity index (χ3n) is 2.16. The molecule has 16 heavy (non-hydrogen) atoms. The zero-order chi connectivity index (χ0) is 11.8. The molecule has 7 heteroatoms. The van der Waals surface area contributed by atoms with Gasteiger partial charge in [-0.15, -0.1) is 0 Å².